The first-order chi connectivity index (χ1) is 10.5. The topological polar surface area (TPSA) is 81.4 Å². The number of anilines is 2. The van der Waals surface area contributed by atoms with Crippen LogP contribution in [0.15, 0.2) is 58.3 Å². The third-order valence-electron chi connectivity index (χ3n) is 3.21. The van der Waals surface area contributed by atoms with Crippen molar-refractivity contribution in [2.24, 2.45) is 0 Å². The lowest BCUT2D eigenvalue weighted by Gasteiger charge is -2.08. The molecule has 0 bridgehead atoms. The largest absolute Gasteiger partial charge is 0.399 e. The van der Waals surface area contributed by atoms with E-state index in [4.69, 9.17) is 10.5 Å². The van der Waals surface area contributed by atoms with Gasteiger partial charge in [0.25, 0.3) is 0 Å². The van der Waals surface area contributed by atoms with Crippen LogP contribution in [-0.2, 0) is 14.6 Å². The molecular formula is C16H20N2O3S. The summed E-state index contributed by atoms with van der Waals surface area (Å²) in [5.41, 5.74) is 7.00. The van der Waals surface area contributed by atoms with Gasteiger partial charge in [0, 0.05) is 31.6 Å². The van der Waals surface area contributed by atoms with Crippen LogP contribution in [-0.4, -0.2) is 28.7 Å². The Balaban J connectivity index is 2.10. The number of ether oxygens (including phenoxy) is 1. The summed E-state index contributed by atoms with van der Waals surface area (Å²) in [7, 11) is -1.84. The molecule has 0 aliphatic rings. The minimum absolute atomic E-state index is 0.238. The second-order valence-electron chi connectivity index (χ2n) is 4.87. The van der Waals surface area contributed by atoms with Crippen LogP contribution in [0.4, 0.5) is 11.4 Å². The number of rotatable bonds is 7. The second kappa shape index (κ2) is 7.29. The Labute approximate surface area is 131 Å². The van der Waals surface area contributed by atoms with Crippen LogP contribution < -0.4 is 11.1 Å². The molecule has 0 fully saturated rings. The maximum absolute atomic E-state index is 12.5. The maximum Gasteiger partial charge on any atom is 0.206 e. The van der Waals surface area contributed by atoms with Gasteiger partial charge in [-0.15, -0.1) is 0 Å². The van der Waals surface area contributed by atoms with Crippen molar-refractivity contribution in [2.45, 2.75) is 16.2 Å². The van der Waals surface area contributed by atoms with Crippen LogP contribution in [0.5, 0.6) is 0 Å². The minimum atomic E-state index is -3.50. The van der Waals surface area contributed by atoms with Crippen molar-refractivity contribution in [1.29, 1.82) is 0 Å². The molecule has 0 amide bonds. The number of nitrogen functional groups attached to an aromatic ring is 1. The van der Waals surface area contributed by atoms with Gasteiger partial charge in [-0.25, -0.2) is 8.42 Å². The summed E-state index contributed by atoms with van der Waals surface area (Å²) in [6, 6.07) is 12.9. The lowest BCUT2D eigenvalue weighted by molar-refractivity contribution is 0.198. The summed E-state index contributed by atoms with van der Waals surface area (Å²) in [5, 5.41) is 3.21. The second-order valence-corrected chi connectivity index (χ2v) is 6.82. The van der Waals surface area contributed by atoms with E-state index in [2.05, 4.69) is 5.32 Å². The molecular weight excluding hydrogens is 300 g/mol. The first-order valence-corrected chi connectivity index (χ1v) is 8.46. The van der Waals surface area contributed by atoms with Crippen LogP contribution >= 0.6 is 0 Å². The van der Waals surface area contributed by atoms with E-state index in [1.807, 2.05) is 0 Å². The summed E-state index contributed by atoms with van der Waals surface area (Å²) >= 11 is 0. The zero-order valence-corrected chi connectivity index (χ0v) is 13.3. The molecule has 0 saturated heterocycles. The summed E-state index contributed by atoms with van der Waals surface area (Å²) in [6.07, 6.45) is 0.891. The van der Waals surface area contributed by atoms with E-state index < -0.39 is 9.84 Å². The Morgan fingerprint density at radius 3 is 2.09 bits per heavy atom. The molecule has 2 aromatic rings. The first kappa shape index (κ1) is 16.3. The lowest BCUT2D eigenvalue weighted by atomic mass is 10.3. The average molecular weight is 320 g/mol. The molecule has 0 aromatic heterocycles. The Bertz CT molecular complexity index is 695. The fourth-order valence-corrected chi connectivity index (χ4v) is 3.25. The number of hydrogen-bond acceptors (Lipinski definition) is 5. The molecule has 0 saturated carbocycles. The molecule has 5 nitrogen and oxygen atoms in total. The average Bonchev–Trinajstić information content (AvgIpc) is 2.52. The van der Waals surface area contributed by atoms with Crippen LogP contribution in [0.25, 0.3) is 0 Å². The van der Waals surface area contributed by atoms with E-state index in [-0.39, 0.29) is 9.79 Å². The molecule has 0 heterocycles. The fourth-order valence-electron chi connectivity index (χ4n) is 1.98. The third-order valence-corrected chi connectivity index (χ3v) is 4.99. The molecule has 22 heavy (non-hydrogen) atoms. The summed E-state index contributed by atoms with van der Waals surface area (Å²) in [6.45, 7) is 1.47. The van der Waals surface area contributed by atoms with Crippen molar-refractivity contribution in [3.8, 4) is 0 Å². The van der Waals surface area contributed by atoms with E-state index in [0.717, 1.165) is 18.7 Å². The van der Waals surface area contributed by atoms with Gasteiger partial charge < -0.3 is 15.8 Å². The van der Waals surface area contributed by atoms with Crippen molar-refractivity contribution in [2.75, 3.05) is 31.3 Å². The van der Waals surface area contributed by atoms with Crippen LogP contribution in [0, 0.1) is 0 Å². The Hall–Kier alpha value is -2.05. The Morgan fingerprint density at radius 2 is 1.55 bits per heavy atom. The van der Waals surface area contributed by atoms with Gasteiger partial charge in [0.1, 0.15) is 0 Å². The van der Waals surface area contributed by atoms with E-state index in [1.165, 1.54) is 12.1 Å². The van der Waals surface area contributed by atoms with Crippen LogP contribution in [0.3, 0.4) is 0 Å². The molecule has 2 rings (SSSR count). The van der Waals surface area contributed by atoms with Crippen molar-refractivity contribution in [3.05, 3.63) is 48.5 Å². The quantitative estimate of drug-likeness (QED) is 0.605. The summed E-state index contributed by atoms with van der Waals surface area (Å²) in [4.78, 5) is 0.502. The van der Waals surface area contributed by atoms with Gasteiger partial charge in [-0.1, -0.05) is 0 Å². The molecule has 0 unspecified atom stereocenters. The molecule has 0 radical (unpaired) electrons. The van der Waals surface area contributed by atoms with Crippen molar-refractivity contribution < 1.29 is 13.2 Å². The van der Waals surface area contributed by atoms with Gasteiger partial charge in [0.05, 0.1) is 9.79 Å². The molecule has 2 aromatic carbocycles. The lowest BCUT2D eigenvalue weighted by Crippen LogP contribution is -2.05. The highest BCUT2D eigenvalue weighted by Crippen LogP contribution is 2.23. The molecule has 0 spiro atoms. The van der Waals surface area contributed by atoms with E-state index in [0.29, 0.717) is 12.3 Å². The maximum atomic E-state index is 12.5. The number of nitrogens with two attached hydrogens (primary N) is 1. The predicted octanol–water partition coefficient (Wildman–Crippen LogP) is 2.55. The monoisotopic (exact) mass is 320 g/mol. The first-order valence-electron chi connectivity index (χ1n) is 6.97. The zero-order valence-electron chi connectivity index (χ0n) is 12.5. The number of hydrogen-bond donors (Lipinski definition) is 2. The van der Waals surface area contributed by atoms with Gasteiger partial charge in [-0.3, -0.25) is 0 Å². The van der Waals surface area contributed by atoms with Crippen LogP contribution in [0.2, 0.25) is 0 Å². The number of methoxy groups -OCH3 is 1. The number of benzene rings is 2. The standard InChI is InChI=1S/C16H20N2O3S/c1-21-12-2-11-18-14-5-9-16(10-6-14)22(19,20)15-7-3-13(17)4-8-15/h3-10,18H,2,11-12,17H2,1H3. The highest BCUT2D eigenvalue weighted by atomic mass is 32.2. The zero-order chi connectivity index (χ0) is 16.0. The van der Waals surface area contributed by atoms with Gasteiger partial charge in [0.2, 0.25) is 9.84 Å². The summed E-state index contributed by atoms with van der Waals surface area (Å²) in [5.74, 6) is 0. The molecule has 0 aliphatic carbocycles. The molecule has 0 aliphatic heterocycles. The van der Waals surface area contributed by atoms with Gasteiger partial charge in [0.15, 0.2) is 0 Å². The molecule has 6 heteroatoms. The normalized spacial score (nSPS) is 11.3. The van der Waals surface area contributed by atoms with Crippen LogP contribution in [0.1, 0.15) is 6.42 Å². The minimum Gasteiger partial charge on any atom is -0.399 e. The number of sulfone groups is 1. The smallest absolute Gasteiger partial charge is 0.206 e. The molecule has 118 valence electrons. The Kier molecular flexibility index (Phi) is 5.41. The molecule has 0 atom stereocenters. The van der Waals surface area contributed by atoms with Gasteiger partial charge in [-0.2, -0.15) is 0 Å². The summed E-state index contributed by atoms with van der Waals surface area (Å²) < 4.78 is 29.9. The molecule has 3 N–H and O–H groups in total. The SMILES string of the molecule is COCCCNc1ccc(S(=O)(=O)c2ccc(N)cc2)cc1. The van der Waals surface area contributed by atoms with Crippen molar-refractivity contribution in [3.63, 3.8) is 0 Å². The fraction of sp³-hybridized carbons (Fsp3) is 0.250. The highest BCUT2D eigenvalue weighted by Gasteiger charge is 2.17. The predicted molar refractivity (Wildman–Crippen MR) is 87.7 cm³/mol. The van der Waals surface area contributed by atoms with Gasteiger partial charge in [-0.05, 0) is 55.0 Å². The third kappa shape index (κ3) is 3.99. The highest BCUT2D eigenvalue weighted by molar-refractivity contribution is 7.91. The van der Waals surface area contributed by atoms with E-state index in [9.17, 15) is 8.42 Å². The Morgan fingerprint density at radius 1 is 1.00 bits per heavy atom. The van der Waals surface area contributed by atoms with Crippen molar-refractivity contribution in [1.82, 2.24) is 0 Å². The van der Waals surface area contributed by atoms with Gasteiger partial charge >= 0.3 is 0 Å². The van der Waals surface area contributed by atoms with E-state index >= 15 is 0 Å². The van der Waals surface area contributed by atoms with E-state index in [1.54, 1.807) is 43.5 Å². The number of nitrogens with one attached hydrogen (secondary N) is 1. The van der Waals surface area contributed by atoms with Crippen molar-refractivity contribution >= 4 is 21.2 Å².